The molecular weight excluding hydrogens is 338 g/mol. The Morgan fingerprint density at radius 1 is 0.923 bits per heavy atom. The molecule has 0 radical (unpaired) electrons. The summed E-state index contributed by atoms with van der Waals surface area (Å²) in [6.07, 6.45) is 1.37. The van der Waals surface area contributed by atoms with Crippen LogP contribution in [0.2, 0.25) is 0 Å². The molecule has 0 bridgehead atoms. The van der Waals surface area contributed by atoms with E-state index in [1.54, 1.807) is 49.6 Å². The Labute approximate surface area is 150 Å². The van der Waals surface area contributed by atoms with Crippen LogP contribution in [0, 0.1) is 0 Å². The van der Waals surface area contributed by atoms with Crippen molar-refractivity contribution in [1.29, 1.82) is 0 Å². The maximum Gasteiger partial charge on any atom is 0.329 e. The molecule has 2 rings (SSSR count). The fraction of sp³-hybridized carbons (Fsp3) is 0.167. The van der Waals surface area contributed by atoms with Crippen molar-refractivity contribution in [2.24, 2.45) is 5.10 Å². The van der Waals surface area contributed by atoms with Gasteiger partial charge in [-0.25, -0.2) is 5.43 Å². The van der Waals surface area contributed by atoms with Gasteiger partial charge in [0.15, 0.2) is 0 Å². The van der Waals surface area contributed by atoms with Gasteiger partial charge in [0, 0.05) is 23.4 Å². The molecule has 0 atom stereocenters. The third kappa shape index (κ3) is 4.97. The minimum atomic E-state index is -0.906. The van der Waals surface area contributed by atoms with Gasteiger partial charge in [-0.2, -0.15) is 5.10 Å². The summed E-state index contributed by atoms with van der Waals surface area (Å²) in [4.78, 5) is 23.7. The molecule has 8 heteroatoms. The summed E-state index contributed by atoms with van der Waals surface area (Å²) >= 11 is 0. The van der Waals surface area contributed by atoms with Crippen LogP contribution in [0.1, 0.15) is 5.56 Å². The molecule has 0 unspecified atom stereocenters. The van der Waals surface area contributed by atoms with E-state index in [1.165, 1.54) is 20.4 Å². The minimum Gasteiger partial charge on any atom is -0.497 e. The van der Waals surface area contributed by atoms with Crippen LogP contribution in [-0.4, -0.2) is 39.4 Å². The van der Waals surface area contributed by atoms with Crippen LogP contribution < -0.4 is 25.0 Å². The minimum absolute atomic E-state index is 0.435. The lowest BCUT2D eigenvalue weighted by Crippen LogP contribution is -2.32. The zero-order chi connectivity index (χ0) is 18.9. The van der Waals surface area contributed by atoms with Gasteiger partial charge in [0.05, 0.1) is 27.5 Å². The molecule has 136 valence electrons. The summed E-state index contributed by atoms with van der Waals surface area (Å²) < 4.78 is 15.4. The predicted octanol–water partition coefficient (Wildman–Crippen LogP) is 1.80. The molecule has 2 N–H and O–H groups in total. The summed E-state index contributed by atoms with van der Waals surface area (Å²) in [7, 11) is 4.56. The zero-order valence-electron chi connectivity index (χ0n) is 14.6. The predicted molar refractivity (Wildman–Crippen MR) is 96.9 cm³/mol. The highest BCUT2D eigenvalue weighted by Crippen LogP contribution is 2.23. The SMILES string of the molecule is COc1cccc(NC(=O)C(=O)N/N=C/c2ccc(OC)cc2OC)c1. The fourth-order valence-corrected chi connectivity index (χ4v) is 2.02. The van der Waals surface area contributed by atoms with Crippen molar-refractivity contribution in [3.8, 4) is 17.2 Å². The number of nitrogens with zero attached hydrogens (tertiary/aromatic N) is 1. The number of methoxy groups -OCH3 is 3. The average Bonchev–Trinajstić information content (AvgIpc) is 2.68. The lowest BCUT2D eigenvalue weighted by molar-refractivity contribution is -0.136. The number of hydrazone groups is 1. The van der Waals surface area contributed by atoms with Gasteiger partial charge in [0.1, 0.15) is 17.2 Å². The summed E-state index contributed by atoms with van der Waals surface area (Å²) in [6, 6.07) is 11.8. The highest BCUT2D eigenvalue weighted by Gasteiger charge is 2.13. The van der Waals surface area contributed by atoms with E-state index in [4.69, 9.17) is 14.2 Å². The monoisotopic (exact) mass is 357 g/mol. The topological polar surface area (TPSA) is 98.2 Å². The molecule has 0 heterocycles. The molecule has 0 aliphatic rings. The summed E-state index contributed by atoms with van der Waals surface area (Å²) in [5, 5.41) is 6.23. The number of rotatable bonds is 6. The van der Waals surface area contributed by atoms with Crippen LogP contribution >= 0.6 is 0 Å². The Kier molecular flexibility index (Phi) is 6.55. The van der Waals surface area contributed by atoms with Gasteiger partial charge in [0.25, 0.3) is 0 Å². The van der Waals surface area contributed by atoms with E-state index in [1.807, 2.05) is 0 Å². The third-order valence-electron chi connectivity index (χ3n) is 3.34. The molecule has 2 aromatic carbocycles. The highest BCUT2D eigenvalue weighted by molar-refractivity contribution is 6.39. The molecule has 0 saturated carbocycles. The number of carbonyl (C=O) groups is 2. The van der Waals surface area contributed by atoms with Gasteiger partial charge >= 0.3 is 11.8 Å². The van der Waals surface area contributed by atoms with Gasteiger partial charge in [0.2, 0.25) is 0 Å². The Hall–Kier alpha value is -3.55. The number of hydrogen-bond acceptors (Lipinski definition) is 6. The van der Waals surface area contributed by atoms with Crippen molar-refractivity contribution in [2.75, 3.05) is 26.6 Å². The van der Waals surface area contributed by atoms with Crippen molar-refractivity contribution in [1.82, 2.24) is 5.43 Å². The molecule has 8 nitrogen and oxygen atoms in total. The van der Waals surface area contributed by atoms with Crippen molar-refractivity contribution in [2.45, 2.75) is 0 Å². The number of carbonyl (C=O) groups excluding carboxylic acids is 2. The smallest absolute Gasteiger partial charge is 0.329 e. The van der Waals surface area contributed by atoms with E-state index in [-0.39, 0.29) is 0 Å². The van der Waals surface area contributed by atoms with E-state index in [0.29, 0.717) is 28.5 Å². The van der Waals surface area contributed by atoms with Gasteiger partial charge in [-0.3, -0.25) is 9.59 Å². The first-order chi connectivity index (χ1) is 12.6. The van der Waals surface area contributed by atoms with Crippen LogP contribution in [0.25, 0.3) is 0 Å². The molecular formula is C18H19N3O5. The van der Waals surface area contributed by atoms with Crippen molar-refractivity contribution < 1.29 is 23.8 Å². The second-order valence-corrected chi connectivity index (χ2v) is 4.99. The molecule has 0 fully saturated rings. The van der Waals surface area contributed by atoms with Crippen molar-refractivity contribution in [3.63, 3.8) is 0 Å². The summed E-state index contributed by atoms with van der Waals surface area (Å²) in [5.74, 6) is -0.0506. The second kappa shape index (κ2) is 9.07. The van der Waals surface area contributed by atoms with Gasteiger partial charge in [-0.1, -0.05) is 6.07 Å². The van der Waals surface area contributed by atoms with Crippen molar-refractivity contribution in [3.05, 3.63) is 48.0 Å². The number of benzene rings is 2. The third-order valence-corrected chi connectivity index (χ3v) is 3.34. The molecule has 0 saturated heterocycles. The first kappa shape index (κ1) is 18.8. The van der Waals surface area contributed by atoms with E-state index in [2.05, 4.69) is 15.8 Å². The van der Waals surface area contributed by atoms with Crippen LogP contribution in [0.15, 0.2) is 47.6 Å². The maximum absolute atomic E-state index is 11.9. The normalized spacial score (nSPS) is 10.3. The Bertz CT molecular complexity index is 820. The largest absolute Gasteiger partial charge is 0.497 e. The van der Waals surface area contributed by atoms with E-state index in [9.17, 15) is 9.59 Å². The van der Waals surface area contributed by atoms with E-state index < -0.39 is 11.8 Å². The number of hydrogen-bond donors (Lipinski definition) is 2. The number of amides is 2. The number of anilines is 1. The van der Waals surface area contributed by atoms with Gasteiger partial charge in [-0.15, -0.1) is 0 Å². The first-order valence-electron chi connectivity index (χ1n) is 7.58. The standard InChI is InChI=1S/C18H19N3O5/c1-24-14-6-4-5-13(9-14)20-17(22)18(23)21-19-11-12-7-8-15(25-2)10-16(12)26-3/h4-11H,1-3H3,(H,20,22)(H,21,23)/b19-11+. The second-order valence-electron chi connectivity index (χ2n) is 4.99. The van der Waals surface area contributed by atoms with E-state index >= 15 is 0 Å². The Balaban J connectivity index is 1.97. The molecule has 0 aliphatic heterocycles. The molecule has 2 amide bonds. The maximum atomic E-state index is 11.9. The number of nitrogens with one attached hydrogen (secondary N) is 2. The quantitative estimate of drug-likeness (QED) is 0.467. The van der Waals surface area contributed by atoms with Crippen LogP contribution in [0.5, 0.6) is 17.2 Å². The summed E-state index contributed by atoms with van der Waals surface area (Å²) in [5.41, 5.74) is 3.21. The average molecular weight is 357 g/mol. The van der Waals surface area contributed by atoms with Crippen LogP contribution in [0.4, 0.5) is 5.69 Å². The summed E-state index contributed by atoms with van der Waals surface area (Å²) in [6.45, 7) is 0. The van der Waals surface area contributed by atoms with Gasteiger partial charge < -0.3 is 19.5 Å². The lowest BCUT2D eigenvalue weighted by atomic mass is 10.2. The lowest BCUT2D eigenvalue weighted by Gasteiger charge is -2.07. The molecule has 0 aliphatic carbocycles. The Morgan fingerprint density at radius 3 is 2.35 bits per heavy atom. The first-order valence-corrected chi connectivity index (χ1v) is 7.58. The molecule has 26 heavy (non-hydrogen) atoms. The zero-order valence-corrected chi connectivity index (χ0v) is 14.6. The van der Waals surface area contributed by atoms with E-state index in [0.717, 1.165) is 0 Å². The van der Waals surface area contributed by atoms with Crippen molar-refractivity contribution >= 4 is 23.7 Å². The highest BCUT2D eigenvalue weighted by atomic mass is 16.5. The Morgan fingerprint density at radius 2 is 1.65 bits per heavy atom. The van der Waals surface area contributed by atoms with Crippen LogP contribution in [0.3, 0.4) is 0 Å². The molecule has 0 aromatic heterocycles. The van der Waals surface area contributed by atoms with Gasteiger partial charge in [-0.05, 0) is 24.3 Å². The molecule has 2 aromatic rings. The molecule has 0 spiro atoms. The number of ether oxygens (including phenoxy) is 3. The van der Waals surface area contributed by atoms with Crippen LogP contribution in [-0.2, 0) is 9.59 Å². The fourth-order valence-electron chi connectivity index (χ4n) is 2.02.